The summed E-state index contributed by atoms with van der Waals surface area (Å²) in [4.78, 5) is 48.5. The van der Waals surface area contributed by atoms with Crippen molar-refractivity contribution < 1.29 is 33.1 Å². The Hall–Kier alpha value is -1.77. The number of aliphatic hydroxyl groups excluding tert-OH is 1. The molecule has 0 aromatic carbocycles. The molecule has 6 N–H and O–H groups in total. The van der Waals surface area contributed by atoms with Crippen LogP contribution in [0.3, 0.4) is 0 Å². The van der Waals surface area contributed by atoms with Crippen LogP contribution >= 0.6 is 20.5 Å². The molecule has 0 saturated carbocycles. The molecule has 0 aliphatic carbocycles. The highest BCUT2D eigenvalue weighted by atomic mass is 32.1. The summed E-state index contributed by atoms with van der Waals surface area (Å²) in [6.07, 6.45) is 7.07. The SMILES string of the molecule is NCCCCNC(=O)/C=C/c1cn(C2CC(O)C(CCCOP(=O)(O)OCCCCCCS)O2)c(=O)[nH]c1=O. The number of nitrogens with one attached hydrogen (secondary N) is 2. The van der Waals surface area contributed by atoms with E-state index in [9.17, 15) is 28.9 Å². The molecule has 4 unspecified atom stereocenters. The highest BCUT2D eigenvalue weighted by Gasteiger charge is 2.35. The smallest absolute Gasteiger partial charge is 0.390 e. The lowest BCUT2D eigenvalue weighted by atomic mass is 10.1. The Balaban J connectivity index is 1.84. The topological polar surface area (TPSA) is 195 Å². The Morgan fingerprint density at radius 3 is 2.64 bits per heavy atom. The number of ether oxygens (including phenoxy) is 1. The highest BCUT2D eigenvalue weighted by Crippen LogP contribution is 2.43. The van der Waals surface area contributed by atoms with E-state index in [1.165, 1.54) is 18.3 Å². The molecule has 1 aromatic heterocycles. The van der Waals surface area contributed by atoms with Gasteiger partial charge in [-0.15, -0.1) is 0 Å². The van der Waals surface area contributed by atoms with Crippen molar-refractivity contribution in [3.63, 3.8) is 0 Å². The fraction of sp³-hybridized carbons (Fsp3) is 0.708. The van der Waals surface area contributed by atoms with Gasteiger partial charge >= 0.3 is 13.5 Å². The lowest BCUT2D eigenvalue weighted by Crippen LogP contribution is -2.33. The van der Waals surface area contributed by atoms with E-state index < -0.39 is 37.5 Å². The van der Waals surface area contributed by atoms with E-state index in [2.05, 4.69) is 22.9 Å². The molecule has 2 rings (SSSR count). The Morgan fingerprint density at radius 1 is 1.21 bits per heavy atom. The molecule has 0 spiro atoms. The second kappa shape index (κ2) is 17.8. The number of carbonyl (C=O) groups excluding carboxylic acids is 1. The quantitative estimate of drug-likeness (QED) is 0.0592. The van der Waals surface area contributed by atoms with Gasteiger partial charge in [0.15, 0.2) is 0 Å². The van der Waals surface area contributed by atoms with E-state index in [4.69, 9.17) is 19.5 Å². The third-order valence-electron chi connectivity index (χ3n) is 6.05. The van der Waals surface area contributed by atoms with Crippen LogP contribution in [0.5, 0.6) is 0 Å². The lowest BCUT2D eigenvalue weighted by molar-refractivity contribution is -0.116. The van der Waals surface area contributed by atoms with Crippen LogP contribution in [-0.4, -0.2) is 69.7 Å². The first kappa shape index (κ1) is 33.4. The molecular weight excluding hydrogens is 551 g/mol. The van der Waals surface area contributed by atoms with Crippen molar-refractivity contribution in [2.24, 2.45) is 5.73 Å². The zero-order valence-corrected chi connectivity index (χ0v) is 23.8. The number of nitrogens with zero attached hydrogens (tertiary/aromatic N) is 1. The van der Waals surface area contributed by atoms with Crippen LogP contribution in [0.4, 0.5) is 0 Å². The van der Waals surface area contributed by atoms with Crippen molar-refractivity contribution in [1.29, 1.82) is 0 Å². The van der Waals surface area contributed by atoms with Crippen LogP contribution in [0.1, 0.15) is 69.6 Å². The number of unbranched alkanes of at least 4 members (excludes halogenated alkanes) is 4. The Morgan fingerprint density at radius 2 is 1.92 bits per heavy atom. The summed E-state index contributed by atoms with van der Waals surface area (Å²) in [5.41, 5.74) is 4.11. The van der Waals surface area contributed by atoms with Crippen LogP contribution < -0.4 is 22.3 Å². The van der Waals surface area contributed by atoms with E-state index >= 15 is 0 Å². The molecule has 2 heterocycles. The maximum atomic E-state index is 12.4. The van der Waals surface area contributed by atoms with E-state index in [-0.39, 0.29) is 31.1 Å². The van der Waals surface area contributed by atoms with Crippen LogP contribution in [0.2, 0.25) is 0 Å². The van der Waals surface area contributed by atoms with Crippen LogP contribution in [0.15, 0.2) is 21.9 Å². The number of amides is 1. The molecule has 1 aliphatic rings. The number of phosphoric ester groups is 1. The predicted octanol–water partition coefficient (Wildman–Crippen LogP) is 1.46. The van der Waals surface area contributed by atoms with Crippen molar-refractivity contribution >= 4 is 32.4 Å². The van der Waals surface area contributed by atoms with E-state index in [1.54, 1.807) is 0 Å². The molecule has 1 saturated heterocycles. The van der Waals surface area contributed by atoms with Gasteiger partial charge in [0.25, 0.3) is 5.56 Å². The highest BCUT2D eigenvalue weighted by molar-refractivity contribution is 7.80. The van der Waals surface area contributed by atoms with Crippen LogP contribution in [0.25, 0.3) is 6.08 Å². The predicted molar refractivity (Wildman–Crippen MR) is 149 cm³/mol. The van der Waals surface area contributed by atoms with Gasteiger partial charge in [-0.2, -0.15) is 12.6 Å². The Labute approximate surface area is 233 Å². The second-order valence-corrected chi connectivity index (χ2v) is 11.1. The standard InChI is InChI=1S/C24H41N4O9PS/c25-11-3-4-12-26-21(30)10-9-18-17-28(24(32)27-23(18)31)22-16-19(29)20(37-22)8-7-14-36-38(33,34)35-13-5-1-2-6-15-39/h9-10,17,19-20,22,29,39H,1-8,11-16,25H2,(H,26,30)(H,33,34)(H,27,31,32)/b10-9+. The van der Waals surface area contributed by atoms with Crippen molar-refractivity contribution in [2.45, 2.75) is 76.2 Å². The minimum atomic E-state index is -4.16. The van der Waals surface area contributed by atoms with Gasteiger partial charge in [-0.1, -0.05) is 12.8 Å². The molecular formula is C24H41N4O9PS. The fourth-order valence-corrected chi connectivity index (χ4v) is 4.95. The zero-order chi connectivity index (χ0) is 28.7. The van der Waals surface area contributed by atoms with Crippen LogP contribution in [0, 0.1) is 0 Å². The summed E-state index contributed by atoms with van der Waals surface area (Å²) in [6.45, 7) is 1.03. The van der Waals surface area contributed by atoms with Crippen molar-refractivity contribution in [3.8, 4) is 0 Å². The summed E-state index contributed by atoms with van der Waals surface area (Å²) in [7, 11) is -4.16. The monoisotopic (exact) mass is 592 g/mol. The maximum Gasteiger partial charge on any atom is 0.472 e. The first-order valence-corrected chi connectivity index (χ1v) is 15.4. The molecule has 0 radical (unpaired) electrons. The number of nitrogens with two attached hydrogens (primary N) is 1. The lowest BCUT2D eigenvalue weighted by Gasteiger charge is -2.17. The zero-order valence-electron chi connectivity index (χ0n) is 22.0. The third kappa shape index (κ3) is 12.5. The normalized spacial score (nSPS) is 20.9. The van der Waals surface area contributed by atoms with Gasteiger partial charge in [-0.05, 0) is 56.9 Å². The molecule has 1 amide bonds. The summed E-state index contributed by atoms with van der Waals surface area (Å²) in [6, 6.07) is 0. The molecule has 1 fully saturated rings. The average Bonchev–Trinajstić information content (AvgIpc) is 3.26. The number of hydrogen-bond donors (Lipinski definition) is 6. The van der Waals surface area contributed by atoms with E-state index in [0.717, 1.165) is 42.4 Å². The Kier molecular flexibility index (Phi) is 15.3. The van der Waals surface area contributed by atoms with Gasteiger partial charge in [0.2, 0.25) is 5.91 Å². The molecule has 1 aliphatic heterocycles. The largest absolute Gasteiger partial charge is 0.472 e. The first-order chi connectivity index (χ1) is 18.7. The summed E-state index contributed by atoms with van der Waals surface area (Å²) < 4.78 is 28.9. The number of thiol groups is 1. The van der Waals surface area contributed by atoms with Crippen LogP contribution in [-0.2, 0) is 23.1 Å². The number of phosphoric acid groups is 1. The third-order valence-corrected chi connectivity index (χ3v) is 7.38. The Bertz CT molecular complexity index is 1080. The van der Waals surface area contributed by atoms with E-state index in [1.807, 2.05) is 0 Å². The second-order valence-electron chi connectivity index (χ2n) is 9.22. The number of carbonyl (C=O) groups is 1. The molecule has 39 heavy (non-hydrogen) atoms. The number of hydrogen-bond acceptors (Lipinski definition) is 10. The van der Waals surface area contributed by atoms with Gasteiger partial charge in [0.05, 0.1) is 31.0 Å². The van der Waals surface area contributed by atoms with Crippen molar-refractivity contribution in [2.75, 3.05) is 32.1 Å². The van der Waals surface area contributed by atoms with Gasteiger partial charge < -0.3 is 25.8 Å². The summed E-state index contributed by atoms with van der Waals surface area (Å²) >= 11 is 4.13. The molecule has 13 nitrogen and oxygen atoms in total. The minimum Gasteiger partial charge on any atom is -0.390 e. The van der Waals surface area contributed by atoms with Gasteiger partial charge in [0.1, 0.15) is 6.23 Å². The number of H-pyrrole nitrogens is 1. The summed E-state index contributed by atoms with van der Waals surface area (Å²) in [5, 5.41) is 13.1. The number of aliphatic hydroxyl groups is 1. The number of rotatable bonds is 19. The minimum absolute atomic E-state index is 0.0713. The van der Waals surface area contributed by atoms with Gasteiger partial charge in [-0.3, -0.25) is 28.2 Å². The molecule has 4 atom stereocenters. The van der Waals surface area contributed by atoms with Gasteiger partial charge in [0, 0.05) is 25.2 Å². The van der Waals surface area contributed by atoms with E-state index in [0.29, 0.717) is 32.4 Å². The molecule has 1 aromatic rings. The summed E-state index contributed by atoms with van der Waals surface area (Å²) in [5.74, 6) is 0.417. The number of aromatic amines is 1. The molecule has 15 heteroatoms. The molecule has 222 valence electrons. The molecule has 0 bridgehead atoms. The average molecular weight is 593 g/mol. The van der Waals surface area contributed by atoms with Gasteiger partial charge in [-0.25, -0.2) is 9.36 Å². The number of aromatic nitrogens is 2. The maximum absolute atomic E-state index is 12.4. The van der Waals surface area contributed by atoms with Crippen molar-refractivity contribution in [3.05, 3.63) is 38.7 Å². The fourth-order valence-electron chi connectivity index (χ4n) is 3.93. The van der Waals surface area contributed by atoms with Crippen molar-refractivity contribution in [1.82, 2.24) is 14.9 Å². The first-order valence-electron chi connectivity index (χ1n) is 13.2.